The van der Waals surface area contributed by atoms with Gasteiger partial charge in [0.15, 0.2) is 0 Å². The van der Waals surface area contributed by atoms with Crippen molar-refractivity contribution in [2.45, 2.75) is 26.4 Å². The number of methoxy groups -OCH3 is 1. The standard InChI is InChI=1S/C24H28N2O2/c1-20-10-6-7-14-23(20)24(27)26(16-9-17-28-2)19-22-13-8-15-25(22)18-21-11-4-3-5-12-21/h3-8,10-15H,9,16-19H2,1-2H3. The van der Waals surface area contributed by atoms with E-state index in [2.05, 4.69) is 41.1 Å². The molecule has 0 saturated carbocycles. The van der Waals surface area contributed by atoms with Crippen LogP contribution in [-0.2, 0) is 17.8 Å². The smallest absolute Gasteiger partial charge is 0.254 e. The van der Waals surface area contributed by atoms with E-state index in [1.54, 1.807) is 7.11 Å². The van der Waals surface area contributed by atoms with Gasteiger partial charge in [0, 0.05) is 44.3 Å². The Kier molecular flexibility index (Phi) is 7.04. The van der Waals surface area contributed by atoms with Crippen LogP contribution in [0.15, 0.2) is 72.9 Å². The Bertz CT molecular complexity index is 886. The van der Waals surface area contributed by atoms with Gasteiger partial charge in [-0.1, -0.05) is 48.5 Å². The summed E-state index contributed by atoms with van der Waals surface area (Å²) in [5.41, 5.74) is 4.14. The summed E-state index contributed by atoms with van der Waals surface area (Å²) >= 11 is 0. The summed E-state index contributed by atoms with van der Waals surface area (Å²) < 4.78 is 7.41. The molecule has 28 heavy (non-hydrogen) atoms. The van der Waals surface area contributed by atoms with Crippen molar-refractivity contribution >= 4 is 5.91 Å². The zero-order valence-electron chi connectivity index (χ0n) is 16.7. The van der Waals surface area contributed by atoms with E-state index in [0.29, 0.717) is 19.7 Å². The van der Waals surface area contributed by atoms with Gasteiger partial charge in [0.1, 0.15) is 0 Å². The topological polar surface area (TPSA) is 34.5 Å². The lowest BCUT2D eigenvalue weighted by atomic mass is 10.1. The minimum absolute atomic E-state index is 0.0710. The van der Waals surface area contributed by atoms with Gasteiger partial charge in [-0.3, -0.25) is 4.79 Å². The summed E-state index contributed by atoms with van der Waals surface area (Å²) in [4.78, 5) is 15.2. The highest BCUT2D eigenvalue weighted by atomic mass is 16.5. The molecule has 1 heterocycles. The summed E-state index contributed by atoms with van der Waals surface area (Å²) in [6, 6.07) is 22.3. The molecular weight excluding hydrogens is 348 g/mol. The quantitative estimate of drug-likeness (QED) is 0.515. The Morgan fingerprint density at radius 1 is 1.00 bits per heavy atom. The number of ether oxygens (including phenoxy) is 1. The van der Waals surface area contributed by atoms with Crippen molar-refractivity contribution in [3.8, 4) is 0 Å². The van der Waals surface area contributed by atoms with Gasteiger partial charge in [0.05, 0.1) is 6.54 Å². The molecule has 1 aromatic heterocycles. The van der Waals surface area contributed by atoms with Gasteiger partial charge in [-0.25, -0.2) is 0 Å². The second kappa shape index (κ2) is 9.90. The zero-order chi connectivity index (χ0) is 19.8. The number of hydrogen-bond donors (Lipinski definition) is 0. The van der Waals surface area contributed by atoms with Crippen LogP contribution in [0.3, 0.4) is 0 Å². The maximum Gasteiger partial charge on any atom is 0.254 e. The van der Waals surface area contributed by atoms with Crippen molar-refractivity contribution in [1.82, 2.24) is 9.47 Å². The van der Waals surface area contributed by atoms with Crippen LogP contribution in [0.5, 0.6) is 0 Å². The van der Waals surface area contributed by atoms with Gasteiger partial charge < -0.3 is 14.2 Å². The maximum absolute atomic E-state index is 13.2. The van der Waals surface area contributed by atoms with Crippen LogP contribution in [0, 0.1) is 6.92 Å². The molecule has 0 radical (unpaired) electrons. The fourth-order valence-corrected chi connectivity index (χ4v) is 3.36. The number of rotatable bonds is 9. The van der Waals surface area contributed by atoms with Gasteiger partial charge in [-0.2, -0.15) is 0 Å². The summed E-state index contributed by atoms with van der Waals surface area (Å²) in [7, 11) is 1.69. The Balaban J connectivity index is 1.79. The fourth-order valence-electron chi connectivity index (χ4n) is 3.36. The first kappa shape index (κ1) is 19.9. The van der Waals surface area contributed by atoms with Crippen molar-refractivity contribution in [1.29, 1.82) is 0 Å². The lowest BCUT2D eigenvalue weighted by Crippen LogP contribution is -2.33. The van der Waals surface area contributed by atoms with E-state index in [1.807, 2.05) is 48.2 Å². The van der Waals surface area contributed by atoms with Crippen LogP contribution in [0.1, 0.15) is 33.6 Å². The van der Waals surface area contributed by atoms with Crippen LogP contribution in [-0.4, -0.2) is 35.6 Å². The van der Waals surface area contributed by atoms with Crippen LogP contribution in [0.25, 0.3) is 0 Å². The Hall–Kier alpha value is -2.85. The number of carbonyl (C=O) groups excluding carboxylic acids is 1. The van der Waals surface area contributed by atoms with Crippen molar-refractivity contribution in [3.63, 3.8) is 0 Å². The first-order valence-electron chi connectivity index (χ1n) is 9.71. The second-order valence-corrected chi connectivity index (χ2v) is 7.00. The molecule has 0 aliphatic carbocycles. The van der Waals surface area contributed by atoms with Gasteiger partial charge in [-0.15, -0.1) is 0 Å². The van der Waals surface area contributed by atoms with Crippen LogP contribution in [0.4, 0.5) is 0 Å². The highest BCUT2D eigenvalue weighted by Gasteiger charge is 2.19. The number of carbonyl (C=O) groups is 1. The van der Waals surface area contributed by atoms with Crippen LogP contribution < -0.4 is 0 Å². The normalized spacial score (nSPS) is 10.8. The number of nitrogens with zero attached hydrogens (tertiary/aromatic N) is 2. The lowest BCUT2D eigenvalue weighted by Gasteiger charge is -2.24. The average Bonchev–Trinajstić information content (AvgIpc) is 3.14. The van der Waals surface area contributed by atoms with Crippen molar-refractivity contribution < 1.29 is 9.53 Å². The fraction of sp³-hybridized carbons (Fsp3) is 0.292. The molecule has 0 atom stereocenters. The second-order valence-electron chi connectivity index (χ2n) is 7.00. The van der Waals surface area contributed by atoms with E-state index < -0.39 is 0 Å². The molecule has 0 N–H and O–H groups in total. The minimum Gasteiger partial charge on any atom is -0.385 e. The lowest BCUT2D eigenvalue weighted by molar-refractivity contribution is 0.0719. The number of aryl methyl sites for hydroxylation is 1. The molecule has 0 bridgehead atoms. The van der Waals surface area contributed by atoms with Gasteiger partial charge >= 0.3 is 0 Å². The number of amides is 1. The predicted octanol–water partition coefficient (Wildman–Crippen LogP) is 4.52. The number of hydrogen-bond acceptors (Lipinski definition) is 2. The Labute approximate surface area is 167 Å². The Morgan fingerprint density at radius 3 is 2.50 bits per heavy atom. The average molecular weight is 377 g/mol. The number of aromatic nitrogens is 1. The first-order chi connectivity index (χ1) is 13.7. The predicted molar refractivity (Wildman–Crippen MR) is 112 cm³/mol. The molecule has 4 nitrogen and oxygen atoms in total. The molecule has 146 valence electrons. The third-order valence-corrected chi connectivity index (χ3v) is 4.91. The van der Waals surface area contributed by atoms with Crippen molar-refractivity contribution in [3.05, 3.63) is 95.3 Å². The molecule has 2 aromatic carbocycles. The van der Waals surface area contributed by atoms with E-state index in [0.717, 1.165) is 29.8 Å². The largest absolute Gasteiger partial charge is 0.385 e. The van der Waals surface area contributed by atoms with E-state index in [-0.39, 0.29) is 5.91 Å². The third-order valence-electron chi connectivity index (χ3n) is 4.91. The SMILES string of the molecule is COCCCN(Cc1cccn1Cc1ccccc1)C(=O)c1ccccc1C. The van der Waals surface area contributed by atoms with Gasteiger partial charge in [0.25, 0.3) is 5.91 Å². The minimum atomic E-state index is 0.0710. The molecule has 0 aliphatic rings. The molecule has 1 amide bonds. The summed E-state index contributed by atoms with van der Waals surface area (Å²) in [5, 5.41) is 0. The monoisotopic (exact) mass is 376 g/mol. The highest BCUT2D eigenvalue weighted by molar-refractivity contribution is 5.95. The maximum atomic E-state index is 13.2. The molecule has 0 fully saturated rings. The number of benzene rings is 2. The van der Waals surface area contributed by atoms with E-state index in [1.165, 1.54) is 5.56 Å². The molecule has 0 saturated heterocycles. The molecule has 4 heteroatoms. The first-order valence-corrected chi connectivity index (χ1v) is 9.71. The zero-order valence-corrected chi connectivity index (χ0v) is 16.7. The summed E-state index contributed by atoms with van der Waals surface area (Å²) in [6.07, 6.45) is 2.89. The molecular formula is C24H28N2O2. The van der Waals surface area contributed by atoms with Crippen LogP contribution >= 0.6 is 0 Å². The molecule has 3 aromatic rings. The van der Waals surface area contributed by atoms with E-state index in [4.69, 9.17) is 4.74 Å². The molecule has 0 spiro atoms. The van der Waals surface area contributed by atoms with Gasteiger partial charge in [0.2, 0.25) is 0 Å². The van der Waals surface area contributed by atoms with E-state index in [9.17, 15) is 4.79 Å². The third kappa shape index (κ3) is 5.11. The van der Waals surface area contributed by atoms with E-state index >= 15 is 0 Å². The molecule has 0 unspecified atom stereocenters. The van der Waals surface area contributed by atoms with Crippen LogP contribution in [0.2, 0.25) is 0 Å². The molecule has 0 aliphatic heterocycles. The summed E-state index contributed by atoms with van der Waals surface area (Å²) in [6.45, 7) is 4.67. The van der Waals surface area contributed by atoms with Crippen molar-refractivity contribution in [2.75, 3.05) is 20.3 Å². The van der Waals surface area contributed by atoms with Crippen molar-refractivity contribution in [2.24, 2.45) is 0 Å². The molecule has 3 rings (SSSR count). The van der Waals surface area contributed by atoms with Gasteiger partial charge in [-0.05, 0) is 42.7 Å². The highest BCUT2D eigenvalue weighted by Crippen LogP contribution is 2.16. The Morgan fingerprint density at radius 2 is 1.75 bits per heavy atom. The summed E-state index contributed by atoms with van der Waals surface area (Å²) in [5.74, 6) is 0.0710.